The number of carbonyl (C=O) groups excluding carboxylic acids is 1. The third kappa shape index (κ3) is 2.68. The van der Waals surface area contributed by atoms with E-state index >= 15 is 0 Å². The maximum absolute atomic E-state index is 11.9. The first-order valence-corrected chi connectivity index (χ1v) is 5.36. The van der Waals surface area contributed by atoms with E-state index in [9.17, 15) is 14.7 Å². The minimum absolute atomic E-state index is 0.0233. The van der Waals surface area contributed by atoms with E-state index in [4.69, 9.17) is 5.11 Å². The number of carboxylic acid groups (broad SMARTS) is 1. The zero-order valence-corrected chi connectivity index (χ0v) is 9.70. The van der Waals surface area contributed by atoms with Crippen LogP contribution in [0.4, 0.5) is 5.69 Å². The number of carboxylic acids is 1. The van der Waals surface area contributed by atoms with Crippen molar-refractivity contribution in [3.8, 4) is 5.75 Å². The number of aromatic hydroxyl groups is 1. The van der Waals surface area contributed by atoms with Gasteiger partial charge in [0.05, 0.1) is 23.0 Å². The van der Waals surface area contributed by atoms with Gasteiger partial charge < -0.3 is 15.5 Å². The van der Waals surface area contributed by atoms with Crippen molar-refractivity contribution in [1.82, 2.24) is 4.98 Å². The van der Waals surface area contributed by atoms with Gasteiger partial charge in [-0.25, -0.2) is 4.79 Å². The number of nitrogens with one attached hydrogen (secondary N) is 1. The van der Waals surface area contributed by atoms with E-state index in [0.717, 1.165) is 6.20 Å². The van der Waals surface area contributed by atoms with Gasteiger partial charge in [0.25, 0.3) is 5.91 Å². The lowest BCUT2D eigenvalue weighted by molar-refractivity contribution is 0.0698. The van der Waals surface area contributed by atoms with Crippen molar-refractivity contribution in [2.75, 3.05) is 5.32 Å². The third-order valence-electron chi connectivity index (χ3n) is 2.45. The van der Waals surface area contributed by atoms with Gasteiger partial charge >= 0.3 is 5.97 Å². The molecule has 0 aliphatic carbocycles. The van der Waals surface area contributed by atoms with E-state index in [2.05, 4.69) is 10.3 Å². The minimum Gasteiger partial charge on any atom is -0.505 e. The molecule has 6 nitrogen and oxygen atoms in total. The van der Waals surface area contributed by atoms with E-state index in [0.29, 0.717) is 0 Å². The van der Waals surface area contributed by atoms with Gasteiger partial charge in [0.1, 0.15) is 5.75 Å². The highest BCUT2D eigenvalue weighted by Gasteiger charge is 2.15. The first-order chi connectivity index (χ1) is 9.09. The lowest BCUT2D eigenvalue weighted by atomic mass is 10.1. The van der Waals surface area contributed by atoms with Crippen LogP contribution < -0.4 is 5.32 Å². The Morgan fingerprint density at radius 2 is 1.84 bits per heavy atom. The van der Waals surface area contributed by atoms with Gasteiger partial charge in [0, 0.05) is 6.20 Å². The molecule has 0 saturated heterocycles. The Balaban J connectivity index is 2.30. The zero-order chi connectivity index (χ0) is 13.8. The minimum atomic E-state index is -1.14. The third-order valence-corrected chi connectivity index (χ3v) is 2.45. The number of amides is 1. The number of pyridine rings is 1. The molecular weight excluding hydrogens is 248 g/mol. The number of aromatic nitrogens is 1. The van der Waals surface area contributed by atoms with Crippen LogP contribution in [-0.2, 0) is 0 Å². The molecule has 0 radical (unpaired) electrons. The van der Waals surface area contributed by atoms with Crippen LogP contribution in [0.1, 0.15) is 20.7 Å². The van der Waals surface area contributed by atoms with Crippen molar-refractivity contribution >= 4 is 17.6 Å². The van der Waals surface area contributed by atoms with Gasteiger partial charge in [-0.3, -0.25) is 9.78 Å². The van der Waals surface area contributed by atoms with E-state index < -0.39 is 11.9 Å². The molecule has 6 heteroatoms. The summed E-state index contributed by atoms with van der Waals surface area (Å²) in [5.74, 6) is -2.02. The summed E-state index contributed by atoms with van der Waals surface area (Å²) in [5.41, 5.74) is 0.163. The van der Waals surface area contributed by atoms with Gasteiger partial charge in [-0.15, -0.1) is 0 Å². The summed E-state index contributed by atoms with van der Waals surface area (Å²) in [6.07, 6.45) is 2.50. The Hall–Kier alpha value is -2.89. The zero-order valence-electron chi connectivity index (χ0n) is 9.70. The molecule has 96 valence electrons. The fourth-order valence-corrected chi connectivity index (χ4v) is 1.55. The highest BCUT2D eigenvalue weighted by Crippen LogP contribution is 2.19. The molecule has 0 spiro atoms. The maximum atomic E-state index is 11.9. The average Bonchev–Trinajstić information content (AvgIpc) is 2.39. The summed E-state index contributed by atoms with van der Waals surface area (Å²) in [6, 6.07) is 7.36. The quantitative estimate of drug-likeness (QED) is 0.778. The molecule has 0 atom stereocenters. The lowest BCUT2D eigenvalue weighted by Gasteiger charge is -2.08. The molecule has 0 saturated carbocycles. The van der Waals surface area contributed by atoms with Crippen LogP contribution in [0.5, 0.6) is 5.75 Å². The van der Waals surface area contributed by atoms with Crippen LogP contribution in [0.2, 0.25) is 0 Å². The molecule has 2 aromatic rings. The summed E-state index contributed by atoms with van der Waals surface area (Å²) in [4.78, 5) is 26.6. The van der Waals surface area contributed by atoms with Crippen LogP contribution in [0.25, 0.3) is 0 Å². The smallest absolute Gasteiger partial charge is 0.337 e. The van der Waals surface area contributed by atoms with Crippen LogP contribution in [0.15, 0.2) is 42.7 Å². The van der Waals surface area contributed by atoms with Crippen LogP contribution in [-0.4, -0.2) is 27.1 Å². The Morgan fingerprint density at radius 3 is 2.53 bits per heavy atom. The second kappa shape index (κ2) is 5.18. The second-order valence-electron chi connectivity index (χ2n) is 3.70. The predicted molar refractivity (Wildman–Crippen MR) is 67.3 cm³/mol. The molecule has 0 unspecified atom stereocenters. The molecule has 1 aromatic carbocycles. The molecule has 19 heavy (non-hydrogen) atoms. The van der Waals surface area contributed by atoms with Crippen LogP contribution in [0.3, 0.4) is 0 Å². The molecule has 1 heterocycles. The highest BCUT2D eigenvalue weighted by molar-refractivity contribution is 6.08. The summed E-state index contributed by atoms with van der Waals surface area (Å²) >= 11 is 0. The molecule has 0 bridgehead atoms. The van der Waals surface area contributed by atoms with Gasteiger partial charge in [-0.2, -0.15) is 0 Å². The SMILES string of the molecule is O=C(Nc1ccccc1C(=O)O)c1ccncc1O. The summed E-state index contributed by atoms with van der Waals surface area (Å²) < 4.78 is 0. The number of benzene rings is 1. The standard InChI is InChI=1S/C13H10N2O4/c16-11-7-14-6-5-9(11)12(17)15-10-4-2-1-3-8(10)13(18)19/h1-7,16H,(H,15,17)(H,18,19). The van der Waals surface area contributed by atoms with E-state index in [-0.39, 0.29) is 22.6 Å². The van der Waals surface area contributed by atoms with E-state index in [1.807, 2.05) is 0 Å². The molecule has 0 aliphatic rings. The summed E-state index contributed by atoms with van der Waals surface area (Å²) in [7, 11) is 0. The largest absolute Gasteiger partial charge is 0.505 e. The number of nitrogens with zero attached hydrogens (tertiary/aromatic N) is 1. The van der Waals surface area contributed by atoms with E-state index in [1.54, 1.807) is 12.1 Å². The fourth-order valence-electron chi connectivity index (χ4n) is 1.55. The Bertz CT molecular complexity index is 640. The first-order valence-electron chi connectivity index (χ1n) is 5.36. The second-order valence-corrected chi connectivity index (χ2v) is 3.70. The molecule has 0 aliphatic heterocycles. The summed E-state index contributed by atoms with van der Waals surface area (Å²) in [5, 5.41) is 20.9. The molecule has 1 aromatic heterocycles. The topological polar surface area (TPSA) is 99.5 Å². The van der Waals surface area contributed by atoms with Gasteiger partial charge in [-0.05, 0) is 18.2 Å². The number of anilines is 1. The molecule has 0 fully saturated rings. The molecule has 3 N–H and O–H groups in total. The molecular formula is C13H10N2O4. The van der Waals surface area contributed by atoms with Crippen molar-refractivity contribution in [1.29, 1.82) is 0 Å². The molecule has 1 amide bonds. The van der Waals surface area contributed by atoms with Crippen molar-refractivity contribution in [2.45, 2.75) is 0 Å². The Labute approximate surface area is 108 Å². The number of para-hydroxylation sites is 1. The Morgan fingerprint density at radius 1 is 1.11 bits per heavy atom. The van der Waals surface area contributed by atoms with Gasteiger partial charge in [0.15, 0.2) is 0 Å². The maximum Gasteiger partial charge on any atom is 0.337 e. The fraction of sp³-hybridized carbons (Fsp3) is 0. The van der Waals surface area contributed by atoms with Gasteiger partial charge in [0.2, 0.25) is 0 Å². The van der Waals surface area contributed by atoms with Crippen LogP contribution >= 0.6 is 0 Å². The van der Waals surface area contributed by atoms with Crippen molar-refractivity contribution < 1.29 is 19.8 Å². The number of rotatable bonds is 3. The van der Waals surface area contributed by atoms with Crippen molar-refractivity contribution in [3.63, 3.8) is 0 Å². The van der Waals surface area contributed by atoms with Crippen molar-refractivity contribution in [3.05, 3.63) is 53.9 Å². The highest BCUT2D eigenvalue weighted by atomic mass is 16.4. The van der Waals surface area contributed by atoms with Gasteiger partial charge in [-0.1, -0.05) is 12.1 Å². The van der Waals surface area contributed by atoms with Crippen LogP contribution in [0, 0.1) is 0 Å². The summed E-state index contributed by atoms with van der Waals surface area (Å²) in [6.45, 7) is 0. The number of hydrogen-bond acceptors (Lipinski definition) is 4. The Kier molecular flexibility index (Phi) is 3.42. The monoisotopic (exact) mass is 258 g/mol. The number of hydrogen-bond donors (Lipinski definition) is 3. The van der Waals surface area contributed by atoms with E-state index in [1.165, 1.54) is 24.4 Å². The normalized spacial score (nSPS) is 9.89. The first kappa shape index (κ1) is 12.6. The van der Waals surface area contributed by atoms with Crippen molar-refractivity contribution in [2.24, 2.45) is 0 Å². The molecule has 2 rings (SSSR count). The average molecular weight is 258 g/mol. The number of aromatic carboxylic acids is 1. The predicted octanol–water partition coefficient (Wildman–Crippen LogP) is 1.74. The lowest BCUT2D eigenvalue weighted by Crippen LogP contribution is -2.15. The number of carbonyl (C=O) groups is 2.